The monoisotopic (exact) mass is 391 g/mol. The number of thioether (sulfide) groups is 1. The van der Waals surface area contributed by atoms with Crippen molar-refractivity contribution in [3.63, 3.8) is 0 Å². The van der Waals surface area contributed by atoms with E-state index in [1.54, 1.807) is 0 Å². The molecule has 0 unspecified atom stereocenters. The number of aromatic nitrogens is 2. The Kier molecular flexibility index (Phi) is 5.53. The van der Waals surface area contributed by atoms with Gasteiger partial charge in [0, 0.05) is 28.8 Å². The van der Waals surface area contributed by atoms with Crippen LogP contribution in [-0.4, -0.2) is 20.7 Å². The number of benzene rings is 2. The molecule has 2 aromatic carbocycles. The number of nitrogens with one attached hydrogen (secondary N) is 1. The number of hydrogen-bond acceptors (Lipinski definition) is 3. The summed E-state index contributed by atoms with van der Waals surface area (Å²) >= 11 is 1.83. The Labute approximate surface area is 170 Å². The van der Waals surface area contributed by atoms with Gasteiger partial charge in [0.05, 0.1) is 18.3 Å². The van der Waals surface area contributed by atoms with Crippen LogP contribution in [0.5, 0.6) is 0 Å². The lowest BCUT2D eigenvalue weighted by Crippen LogP contribution is -2.14. The summed E-state index contributed by atoms with van der Waals surface area (Å²) in [4.78, 5) is 18.1. The lowest BCUT2D eigenvalue weighted by molar-refractivity contribution is -0.115. The Hall–Kier alpha value is -2.53. The van der Waals surface area contributed by atoms with Crippen LogP contribution in [0.3, 0.4) is 0 Å². The molecular formula is C23H25N3OS. The van der Waals surface area contributed by atoms with Gasteiger partial charge in [-0.05, 0) is 41.8 Å². The Balaban J connectivity index is 1.37. The number of carbonyl (C=O) groups is 1. The Morgan fingerprint density at radius 1 is 1.14 bits per heavy atom. The second-order valence-corrected chi connectivity index (χ2v) is 9.08. The third-order valence-electron chi connectivity index (χ3n) is 4.84. The van der Waals surface area contributed by atoms with Crippen molar-refractivity contribution in [2.45, 2.75) is 49.8 Å². The van der Waals surface area contributed by atoms with Crippen LogP contribution in [-0.2, 0) is 24.2 Å². The van der Waals surface area contributed by atoms with Crippen LogP contribution in [0.1, 0.15) is 31.7 Å². The van der Waals surface area contributed by atoms with E-state index in [0.29, 0.717) is 11.7 Å². The zero-order chi connectivity index (χ0) is 19.5. The summed E-state index contributed by atoms with van der Waals surface area (Å²) in [6.45, 7) is 5.40. The highest BCUT2D eigenvalue weighted by Crippen LogP contribution is 2.27. The van der Waals surface area contributed by atoms with Crippen molar-refractivity contribution in [2.75, 3.05) is 5.32 Å². The van der Waals surface area contributed by atoms with Crippen molar-refractivity contribution in [1.29, 1.82) is 0 Å². The molecule has 1 amide bonds. The minimum absolute atomic E-state index is 0.00209. The van der Waals surface area contributed by atoms with Gasteiger partial charge in [-0.3, -0.25) is 4.79 Å². The van der Waals surface area contributed by atoms with Crippen LogP contribution in [0.25, 0.3) is 11.3 Å². The molecule has 0 radical (unpaired) electrons. The van der Waals surface area contributed by atoms with Gasteiger partial charge in [-0.25, -0.2) is 4.98 Å². The van der Waals surface area contributed by atoms with Gasteiger partial charge in [-0.1, -0.05) is 38.1 Å². The van der Waals surface area contributed by atoms with Crippen LogP contribution in [0, 0.1) is 0 Å². The van der Waals surface area contributed by atoms with Crippen molar-refractivity contribution >= 4 is 23.4 Å². The summed E-state index contributed by atoms with van der Waals surface area (Å²) in [5.74, 6) is 1.17. The first-order valence-corrected chi connectivity index (χ1v) is 10.7. The molecule has 0 spiro atoms. The highest BCUT2D eigenvalue weighted by Gasteiger charge is 2.16. The molecule has 4 nitrogen and oxygen atoms in total. The molecule has 0 aliphatic carbocycles. The Bertz CT molecular complexity index is 959. The average molecular weight is 392 g/mol. The van der Waals surface area contributed by atoms with E-state index in [1.165, 1.54) is 17.1 Å². The van der Waals surface area contributed by atoms with Gasteiger partial charge >= 0.3 is 0 Å². The van der Waals surface area contributed by atoms with Gasteiger partial charge in [-0.2, -0.15) is 0 Å². The first-order valence-electron chi connectivity index (χ1n) is 9.79. The van der Waals surface area contributed by atoms with Gasteiger partial charge in [-0.15, -0.1) is 11.8 Å². The second-order valence-electron chi connectivity index (χ2n) is 7.43. The third-order valence-corrected chi connectivity index (χ3v) is 5.86. The summed E-state index contributed by atoms with van der Waals surface area (Å²) in [6, 6.07) is 16.3. The van der Waals surface area contributed by atoms with Crippen LogP contribution in [0.2, 0.25) is 0 Å². The average Bonchev–Trinajstić information content (AvgIpc) is 3.27. The fourth-order valence-corrected chi connectivity index (χ4v) is 4.40. The second kappa shape index (κ2) is 8.23. The van der Waals surface area contributed by atoms with Crippen LogP contribution in [0.15, 0.2) is 59.6 Å². The topological polar surface area (TPSA) is 46.9 Å². The minimum Gasteiger partial charge on any atom is -0.328 e. The fraction of sp³-hybridized carbons (Fsp3) is 0.304. The van der Waals surface area contributed by atoms with Gasteiger partial charge < -0.3 is 9.88 Å². The predicted molar refractivity (Wildman–Crippen MR) is 116 cm³/mol. The van der Waals surface area contributed by atoms with Crippen molar-refractivity contribution in [1.82, 2.24) is 9.55 Å². The maximum Gasteiger partial charge on any atom is 0.228 e. The minimum atomic E-state index is 0.00209. The Morgan fingerprint density at radius 3 is 2.61 bits per heavy atom. The van der Waals surface area contributed by atoms with Crippen LogP contribution >= 0.6 is 11.8 Å². The number of imidazole rings is 1. The van der Waals surface area contributed by atoms with Crippen LogP contribution < -0.4 is 5.32 Å². The molecule has 2 heterocycles. The van der Waals surface area contributed by atoms with Gasteiger partial charge in [0.2, 0.25) is 5.91 Å². The standard InChI is InChI=1S/C23H25N3OS/c1-16(2)28-20-11-5-17(6-12-20)14-23(27)25-19-9-7-18(8-10-19)21-15-24-22-4-3-13-26(21)22/h5-12,15-16H,3-4,13-14H2,1-2H3,(H,25,27). The molecule has 1 aromatic heterocycles. The molecule has 28 heavy (non-hydrogen) atoms. The van der Waals surface area contributed by atoms with Gasteiger partial charge in [0.25, 0.3) is 0 Å². The third kappa shape index (κ3) is 4.30. The smallest absolute Gasteiger partial charge is 0.228 e. The fourth-order valence-electron chi connectivity index (χ4n) is 3.56. The van der Waals surface area contributed by atoms with Crippen molar-refractivity contribution in [3.05, 3.63) is 66.1 Å². The first kappa shape index (κ1) is 18.8. The number of hydrogen-bond donors (Lipinski definition) is 1. The number of aryl methyl sites for hydroxylation is 1. The quantitative estimate of drug-likeness (QED) is 0.589. The molecule has 5 heteroatoms. The van der Waals surface area contributed by atoms with E-state index in [-0.39, 0.29) is 5.91 Å². The molecule has 1 aliphatic rings. The van der Waals surface area contributed by atoms with E-state index in [9.17, 15) is 4.79 Å². The van der Waals surface area contributed by atoms with E-state index in [2.05, 4.69) is 53.0 Å². The highest BCUT2D eigenvalue weighted by atomic mass is 32.2. The number of anilines is 1. The molecule has 0 saturated carbocycles. The van der Waals surface area contributed by atoms with Crippen molar-refractivity contribution in [2.24, 2.45) is 0 Å². The van der Waals surface area contributed by atoms with Gasteiger partial charge in [0.15, 0.2) is 0 Å². The molecule has 144 valence electrons. The molecule has 0 saturated heterocycles. The lowest BCUT2D eigenvalue weighted by atomic mass is 10.1. The molecule has 1 N–H and O–H groups in total. The molecule has 1 aliphatic heterocycles. The lowest BCUT2D eigenvalue weighted by Gasteiger charge is -2.09. The number of amides is 1. The van der Waals surface area contributed by atoms with E-state index in [0.717, 1.165) is 35.5 Å². The molecular weight excluding hydrogens is 366 g/mol. The predicted octanol–water partition coefficient (Wildman–Crippen LogP) is 5.18. The highest BCUT2D eigenvalue weighted by molar-refractivity contribution is 7.99. The van der Waals surface area contributed by atoms with E-state index < -0.39 is 0 Å². The van der Waals surface area contributed by atoms with E-state index in [1.807, 2.05) is 42.2 Å². The summed E-state index contributed by atoms with van der Waals surface area (Å²) in [7, 11) is 0. The SMILES string of the molecule is CC(C)Sc1ccc(CC(=O)Nc2ccc(-c3cnc4n3CCC4)cc2)cc1. The molecule has 0 atom stereocenters. The summed E-state index contributed by atoms with van der Waals surface area (Å²) in [5, 5.41) is 3.55. The summed E-state index contributed by atoms with van der Waals surface area (Å²) < 4.78 is 2.29. The summed E-state index contributed by atoms with van der Waals surface area (Å²) in [5.41, 5.74) is 4.14. The maximum absolute atomic E-state index is 12.4. The largest absolute Gasteiger partial charge is 0.328 e. The van der Waals surface area contributed by atoms with Gasteiger partial charge in [0.1, 0.15) is 5.82 Å². The maximum atomic E-state index is 12.4. The number of carbonyl (C=O) groups excluding carboxylic acids is 1. The van der Waals surface area contributed by atoms with Crippen molar-refractivity contribution < 1.29 is 4.79 Å². The summed E-state index contributed by atoms with van der Waals surface area (Å²) in [6.07, 6.45) is 4.56. The Morgan fingerprint density at radius 2 is 1.89 bits per heavy atom. The van der Waals surface area contributed by atoms with Crippen LogP contribution in [0.4, 0.5) is 5.69 Å². The van der Waals surface area contributed by atoms with Crippen molar-refractivity contribution in [3.8, 4) is 11.3 Å². The number of nitrogens with zero attached hydrogens (tertiary/aromatic N) is 2. The van der Waals surface area contributed by atoms with E-state index in [4.69, 9.17) is 0 Å². The normalized spacial score (nSPS) is 13.0. The number of fused-ring (bicyclic) bond motifs is 1. The van der Waals surface area contributed by atoms with E-state index >= 15 is 0 Å². The zero-order valence-corrected chi connectivity index (χ0v) is 17.1. The number of rotatable bonds is 6. The zero-order valence-electron chi connectivity index (χ0n) is 16.3. The molecule has 0 bridgehead atoms. The first-order chi connectivity index (χ1) is 13.6. The molecule has 4 rings (SSSR count). The molecule has 0 fully saturated rings. The molecule has 3 aromatic rings.